The van der Waals surface area contributed by atoms with Crippen LogP contribution < -0.4 is 0 Å². The third-order valence-corrected chi connectivity index (χ3v) is 0.250. The van der Waals surface area contributed by atoms with Crippen LogP contribution in [-0.4, -0.2) is 0 Å². The fraction of sp³-hybridized carbons (Fsp3) is 0.500. The number of hydrogen-bond acceptors (Lipinski definition) is 0. The molecule has 0 spiro atoms. The van der Waals surface area contributed by atoms with Gasteiger partial charge in [-0.2, -0.15) is 13.8 Å². The maximum absolute atomic E-state index is 3.54. The van der Waals surface area contributed by atoms with E-state index in [1.807, 2.05) is 0 Å². The smallest absolute Gasteiger partial charge is 0.346 e. The summed E-state index contributed by atoms with van der Waals surface area (Å²) in [5.74, 6) is 0. The van der Waals surface area contributed by atoms with Crippen LogP contribution in [0.3, 0.4) is 0 Å². The summed E-state index contributed by atoms with van der Waals surface area (Å²) >= 11 is 0. The molecule has 0 aliphatic rings. The minimum Gasteiger partial charge on any atom is -0.346 e. The van der Waals surface area contributed by atoms with Crippen LogP contribution in [0.5, 0.6) is 0 Å². The molecule has 10 heavy (non-hydrogen) atoms. The van der Waals surface area contributed by atoms with E-state index in [1.165, 1.54) is 0 Å². The molecular formula is C8H18WY-2. The van der Waals surface area contributed by atoms with Crippen molar-refractivity contribution in [1.82, 2.24) is 0 Å². The first-order valence-electron chi connectivity index (χ1n) is 2.91. The summed E-state index contributed by atoms with van der Waals surface area (Å²) in [7, 11) is 0. The van der Waals surface area contributed by atoms with Gasteiger partial charge in [-0.05, 0) is 0 Å². The van der Waals surface area contributed by atoms with Gasteiger partial charge in [0.25, 0.3) is 0 Å². The molecule has 0 heterocycles. The Labute approximate surface area is 107 Å². The first-order chi connectivity index (χ1) is 3.91. The van der Waals surface area contributed by atoms with E-state index in [0.717, 1.165) is 12.8 Å². The van der Waals surface area contributed by atoms with E-state index in [4.69, 9.17) is 0 Å². The molecule has 0 aromatic rings. The Morgan fingerprint density at radius 1 is 0.800 bits per heavy atom. The number of hydrogen-bond donors (Lipinski definition) is 0. The minimum atomic E-state index is 0. The number of rotatable bonds is 1. The molecule has 0 aromatic heterocycles. The van der Waals surface area contributed by atoms with Gasteiger partial charge in [0.15, 0.2) is 0 Å². The van der Waals surface area contributed by atoms with Gasteiger partial charge >= 0.3 is 21.1 Å². The van der Waals surface area contributed by atoms with E-state index < -0.39 is 0 Å². The Bertz CT molecular complexity index is 11.2. The summed E-state index contributed by atoms with van der Waals surface area (Å²) in [4.78, 5) is 0. The third kappa shape index (κ3) is 97.1. The molecule has 0 fully saturated rings. The molecule has 1 radical (unpaired) electrons. The van der Waals surface area contributed by atoms with Crippen LogP contribution in [-0.2, 0) is 53.8 Å². The van der Waals surface area contributed by atoms with E-state index >= 15 is 0 Å². The molecule has 0 nitrogen and oxygen atoms in total. The van der Waals surface area contributed by atoms with Crippen LogP contribution >= 0.6 is 0 Å². The molecular weight excluding hydrogens is 369 g/mol. The van der Waals surface area contributed by atoms with Crippen molar-refractivity contribution in [3.8, 4) is 0 Å². The number of unbranched alkanes of at least 4 members (excludes halogenated alkanes) is 1. The average Bonchev–Trinajstić information content (AvgIpc) is 1.96. The van der Waals surface area contributed by atoms with Crippen molar-refractivity contribution in [2.24, 2.45) is 0 Å². The molecule has 0 atom stereocenters. The van der Waals surface area contributed by atoms with Crippen molar-refractivity contribution in [3.63, 3.8) is 0 Å². The molecule has 0 saturated heterocycles. The fourth-order valence-electron chi connectivity index (χ4n) is 0. The summed E-state index contributed by atoms with van der Waals surface area (Å²) in [5, 5.41) is 0. The molecule has 0 amide bonds. The standard InChI is InChI=1S/C4H8.2C2H5.W.Y/c1-3-4-2;2*1-2;;/h1-4H2;2*1H2,2H3;;/q-2;2*-1;+2;. The van der Waals surface area contributed by atoms with Crippen molar-refractivity contribution in [1.29, 1.82) is 0 Å². The van der Waals surface area contributed by atoms with Crippen molar-refractivity contribution in [2.45, 2.75) is 26.7 Å². The molecule has 0 saturated carbocycles. The molecule has 0 aliphatic carbocycles. The predicted molar refractivity (Wildman–Crippen MR) is 42.0 cm³/mol. The Hall–Kier alpha value is 1.79. The summed E-state index contributed by atoms with van der Waals surface area (Å²) in [6, 6.07) is 0. The fourth-order valence-corrected chi connectivity index (χ4v) is 0. The molecule has 0 unspecified atom stereocenters. The molecule has 0 aliphatic heterocycles. The minimum absolute atomic E-state index is 0. The largest absolute Gasteiger partial charge is 2.00 e. The van der Waals surface area contributed by atoms with Crippen molar-refractivity contribution in [2.75, 3.05) is 0 Å². The second-order valence-corrected chi connectivity index (χ2v) is 0.707. The molecule has 0 bridgehead atoms. The zero-order valence-electron chi connectivity index (χ0n) is 7.23. The first-order valence-corrected chi connectivity index (χ1v) is 2.91. The Morgan fingerprint density at radius 3 is 0.900 bits per heavy atom. The van der Waals surface area contributed by atoms with Crippen LogP contribution in [0, 0.1) is 27.7 Å². The normalized spacial score (nSPS) is 4.20. The SMILES string of the molecule is [CH2-]C.[CH2-]C.[CH2-]CC[CH2-].[W+2].[Y]. The van der Waals surface area contributed by atoms with Crippen molar-refractivity contribution >= 4 is 0 Å². The van der Waals surface area contributed by atoms with Gasteiger partial charge in [0.1, 0.15) is 0 Å². The van der Waals surface area contributed by atoms with E-state index in [-0.39, 0.29) is 53.8 Å². The first kappa shape index (κ1) is 29.8. The van der Waals surface area contributed by atoms with Gasteiger partial charge in [-0.3, -0.25) is 0 Å². The second-order valence-electron chi connectivity index (χ2n) is 0.707. The van der Waals surface area contributed by atoms with Crippen LogP contribution in [0.4, 0.5) is 0 Å². The molecule has 0 N–H and O–H groups in total. The molecule has 0 rings (SSSR count). The predicted octanol–water partition coefficient (Wildman–Crippen LogP) is 3.11. The maximum Gasteiger partial charge on any atom is 2.00 e. The van der Waals surface area contributed by atoms with E-state index in [1.54, 1.807) is 13.8 Å². The monoisotopic (exact) mass is 387 g/mol. The zero-order chi connectivity index (χ0) is 7.41. The summed E-state index contributed by atoms with van der Waals surface area (Å²) < 4.78 is 0. The zero-order valence-corrected chi connectivity index (χ0v) is 13.0. The Morgan fingerprint density at radius 2 is 0.900 bits per heavy atom. The average molecular weight is 387 g/mol. The molecule has 2 heteroatoms. The van der Waals surface area contributed by atoms with Crippen molar-refractivity contribution in [3.05, 3.63) is 27.7 Å². The second kappa shape index (κ2) is 72.0. The van der Waals surface area contributed by atoms with Gasteiger partial charge in [-0.1, -0.05) is 0 Å². The third-order valence-electron chi connectivity index (χ3n) is 0.250. The summed E-state index contributed by atoms with van der Waals surface area (Å²) in [6.07, 6.45) is 1.92. The van der Waals surface area contributed by atoms with Crippen LogP contribution in [0.1, 0.15) is 26.7 Å². The van der Waals surface area contributed by atoms with E-state index in [9.17, 15) is 0 Å². The van der Waals surface area contributed by atoms with Gasteiger partial charge in [0.2, 0.25) is 0 Å². The quantitative estimate of drug-likeness (QED) is 0.607. The van der Waals surface area contributed by atoms with Crippen LogP contribution in [0.2, 0.25) is 0 Å². The maximum atomic E-state index is 3.54. The van der Waals surface area contributed by atoms with Crippen molar-refractivity contribution < 1.29 is 53.8 Å². The van der Waals surface area contributed by atoms with Gasteiger partial charge in [0.05, 0.1) is 0 Å². The Kier molecular flexibility index (Phi) is 214. The van der Waals surface area contributed by atoms with Crippen LogP contribution in [0.15, 0.2) is 0 Å². The van der Waals surface area contributed by atoms with Gasteiger partial charge in [-0.15, -0.1) is 0 Å². The summed E-state index contributed by atoms with van der Waals surface area (Å²) in [6.45, 7) is 17.1. The Balaban J connectivity index is -0.0000000125. The van der Waals surface area contributed by atoms with Gasteiger partial charge in [-0.25, -0.2) is 12.8 Å². The van der Waals surface area contributed by atoms with E-state index in [2.05, 4.69) is 27.7 Å². The molecule has 0 aromatic carbocycles. The summed E-state index contributed by atoms with van der Waals surface area (Å²) in [5.41, 5.74) is 0. The molecule has 61 valence electrons. The van der Waals surface area contributed by atoms with E-state index in [0.29, 0.717) is 0 Å². The topological polar surface area (TPSA) is 0 Å². The van der Waals surface area contributed by atoms with Gasteiger partial charge < -0.3 is 27.7 Å². The van der Waals surface area contributed by atoms with Gasteiger partial charge in [0, 0.05) is 32.7 Å². The van der Waals surface area contributed by atoms with Crippen LogP contribution in [0.25, 0.3) is 0 Å².